The smallest absolute Gasteiger partial charge is 0.382 e. The fourth-order valence-corrected chi connectivity index (χ4v) is 3.50. The average molecular weight is 472 g/mol. The second-order valence-corrected chi connectivity index (χ2v) is 7.61. The predicted molar refractivity (Wildman–Crippen MR) is 121 cm³/mol. The van der Waals surface area contributed by atoms with Crippen LogP contribution >= 0.6 is 0 Å². The van der Waals surface area contributed by atoms with E-state index in [9.17, 15) is 22.4 Å². The van der Waals surface area contributed by atoms with E-state index in [-0.39, 0.29) is 29.4 Å². The van der Waals surface area contributed by atoms with E-state index in [0.717, 1.165) is 0 Å². The van der Waals surface area contributed by atoms with Gasteiger partial charge in [-0.05, 0) is 36.8 Å². The zero-order chi connectivity index (χ0) is 24.5. The molecule has 11 heteroatoms. The number of carbonyl (C=O) groups is 1. The van der Waals surface area contributed by atoms with Gasteiger partial charge in [-0.25, -0.2) is 13.9 Å². The first-order chi connectivity index (χ1) is 16.1. The Bertz CT molecular complexity index is 1370. The quantitative estimate of drug-likeness (QED) is 0.327. The second-order valence-electron chi connectivity index (χ2n) is 7.61. The minimum Gasteiger partial charge on any atom is -0.382 e. The Labute approximate surface area is 191 Å². The average Bonchev–Trinajstić information content (AvgIpc) is 3.18. The molecule has 0 saturated carbocycles. The normalized spacial score (nSPS) is 11.6. The van der Waals surface area contributed by atoms with Gasteiger partial charge in [0.1, 0.15) is 5.82 Å². The van der Waals surface area contributed by atoms with Crippen LogP contribution in [0.1, 0.15) is 22.3 Å². The number of anilines is 3. The van der Waals surface area contributed by atoms with Crippen molar-refractivity contribution in [2.45, 2.75) is 19.5 Å². The number of rotatable bonds is 7. The van der Waals surface area contributed by atoms with E-state index in [4.69, 9.17) is 5.73 Å². The largest absolute Gasteiger partial charge is 0.390 e. The van der Waals surface area contributed by atoms with E-state index in [1.165, 1.54) is 35.0 Å². The summed E-state index contributed by atoms with van der Waals surface area (Å²) in [6.07, 6.45) is -3.85. The number of alkyl halides is 3. The molecule has 34 heavy (non-hydrogen) atoms. The number of benzene rings is 2. The Kier molecular flexibility index (Phi) is 6.10. The molecule has 0 fully saturated rings. The zero-order valence-corrected chi connectivity index (χ0v) is 17.9. The summed E-state index contributed by atoms with van der Waals surface area (Å²) >= 11 is 0. The second kappa shape index (κ2) is 9.00. The lowest BCUT2D eigenvalue weighted by Gasteiger charge is -2.13. The number of carbonyl (C=O) groups excluding carboxylic acids is 1. The van der Waals surface area contributed by atoms with E-state index in [2.05, 4.69) is 20.7 Å². The number of hydrogen-bond donors (Lipinski definition) is 3. The van der Waals surface area contributed by atoms with Gasteiger partial charge in [-0.1, -0.05) is 18.2 Å². The van der Waals surface area contributed by atoms with E-state index >= 15 is 0 Å². The van der Waals surface area contributed by atoms with Crippen molar-refractivity contribution in [3.8, 4) is 11.3 Å². The minimum absolute atomic E-state index is 0.152. The maximum absolute atomic E-state index is 14.2. The Morgan fingerprint density at radius 1 is 1.12 bits per heavy atom. The molecule has 2 heterocycles. The summed E-state index contributed by atoms with van der Waals surface area (Å²) in [7, 11) is 0. The third kappa shape index (κ3) is 4.92. The molecule has 7 nitrogen and oxygen atoms in total. The number of nitrogens with zero attached hydrogens (tertiary/aromatic N) is 3. The first kappa shape index (κ1) is 23.0. The van der Waals surface area contributed by atoms with Crippen LogP contribution in [0.5, 0.6) is 0 Å². The predicted octanol–water partition coefficient (Wildman–Crippen LogP) is 5.05. The number of hydrogen-bond acceptors (Lipinski definition) is 5. The number of nitrogens with one attached hydrogen (secondary N) is 2. The maximum atomic E-state index is 14.2. The highest BCUT2D eigenvalue weighted by molar-refractivity contribution is 5.95. The number of para-hydroxylation sites is 1. The van der Waals surface area contributed by atoms with Gasteiger partial charge < -0.3 is 16.4 Å². The molecule has 0 radical (unpaired) electrons. The Balaban J connectivity index is 1.79. The van der Waals surface area contributed by atoms with Crippen LogP contribution in [0.25, 0.3) is 16.9 Å². The minimum atomic E-state index is -4.33. The summed E-state index contributed by atoms with van der Waals surface area (Å²) in [5, 5.41) is 10.1. The number of imidazole rings is 1. The van der Waals surface area contributed by atoms with Crippen LogP contribution in [0.15, 0.2) is 54.7 Å². The van der Waals surface area contributed by atoms with Gasteiger partial charge in [-0.2, -0.15) is 13.2 Å². The Morgan fingerprint density at radius 2 is 1.88 bits per heavy atom. The highest BCUT2D eigenvalue weighted by Crippen LogP contribution is 2.29. The van der Waals surface area contributed by atoms with Crippen LogP contribution in [0, 0.1) is 12.7 Å². The number of fused-ring (bicyclic) bond motifs is 1. The fourth-order valence-electron chi connectivity index (χ4n) is 3.50. The van der Waals surface area contributed by atoms with E-state index in [0.29, 0.717) is 22.4 Å². The molecule has 4 rings (SSSR count). The van der Waals surface area contributed by atoms with Gasteiger partial charge in [0.25, 0.3) is 0 Å². The molecule has 0 aliphatic heterocycles. The third-order valence-corrected chi connectivity index (χ3v) is 5.12. The number of aryl methyl sites for hydroxylation is 1. The molecule has 2 aromatic carbocycles. The molecule has 2 aromatic heterocycles. The van der Waals surface area contributed by atoms with Crippen molar-refractivity contribution in [3.05, 3.63) is 71.7 Å². The Morgan fingerprint density at radius 3 is 2.56 bits per heavy atom. The fraction of sp³-hybridized carbons (Fsp3) is 0.174. The molecule has 0 bridgehead atoms. The molecular formula is C23H20F4N6O. The van der Waals surface area contributed by atoms with Crippen molar-refractivity contribution in [2.75, 3.05) is 17.2 Å². The first-order valence-corrected chi connectivity index (χ1v) is 10.2. The summed E-state index contributed by atoms with van der Waals surface area (Å²) in [6, 6.07) is 12.4. The standard InChI is InChI=1S/C23H20F4N6O/c1-13-10-14(6-7-15(13)21(28)34)19-12-30-22-18(29-9-8-23(25,26)27)11-20(32-33(19)22)31-17-5-3-2-4-16(17)24/h2-7,10-12,29H,8-9H2,1H3,(H2,28,34)(H,31,32). The molecule has 4 N–H and O–H groups in total. The van der Waals surface area contributed by atoms with Crippen molar-refractivity contribution in [2.24, 2.45) is 5.73 Å². The summed E-state index contributed by atoms with van der Waals surface area (Å²) in [5.41, 5.74) is 8.29. The van der Waals surface area contributed by atoms with Gasteiger partial charge in [0.15, 0.2) is 11.5 Å². The monoisotopic (exact) mass is 472 g/mol. The summed E-state index contributed by atoms with van der Waals surface area (Å²) < 4.78 is 53.6. The van der Waals surface area contributed by atoms with Crippen molar-refractivity contribution in [1.82, 2.24) is 14.6 Å². The van der Waals surface area contributed by atoms with Gasteiger partial charge >= 0.3 is 6.18 Å². The molecule has 0 aliphatic rings. The number of nitrogens with two attached hydrogens (primary N) is 1. The lowest BCUT2D eigenvalue weighted by Crippen LogP contribution is -2.15. The van der Waals surface area contributed by atoms with Gasteiger partial charge in [-0.15, -0.1) is 5.10 Å². The van der Waals surface area contributed by atoms with Crippen molar-refractivity contribution in [3.63, 3.8) is 0 Å². The number of halogens is 4. The number of aromatic nitrogens is 3. The highest BCUT2D eigenvalue weighted by Gasteiger charge is 2.26. The van der Waals surface area contributed by atoms with Crippen molar-refractivity contribution < 1.29 is 22.4 Å². The van der Waals surface area contributed by atoms with Crippen molar-refractivity contribution >= 4 is 28.7 Å². The van der Waals surface area contributed by atoms with Gasteiger partial charge in [0.05, 0.1) is 29.7 Å². The first-order valence-electron chi connectivity index (χ1n) is 10.2. The molecule has 1 amide bonds. The molecule has 0 unspecified atom stereocenters. The van der Waals surface area contributed by atoms with Crippen LogP contribution in [0.4, 0.5) is 34.8 Å². The lowest BCUT2D eigenvalue weighted by molar-refractivity contribution is -0.131. The van der Waals surface area contributed by atoms with Crippen LogP contribution in [-0.2, 0) is 0 Å². The summed E-state index contributed by atoms with van der Waals surface area (Å²) in [4.78, 5) is 15.9. The summed E-state index contributed by atoms with van der Waals surface area (Å²) in [6.45, 7) is 1.35. The van der Waals surface area contributed by atoms with Gasteiger partial charge in [-0.3, -0.25) is 4.79 Å². The lowest BCUT2D eigenvalue weighted by atomic mass is 10.0. The van der Waals surface area contributed by atoms with E-state index in [1.807, 2.05) is 0 Å². The number of amides is 1. The summed E-state index contributed by atoms with van der Waals surface area (Å²) in [5.74, 6) is -0.885. The molecule has 0 saturated heterocycles. The maximum Gasteiger partial charge on any atom is 0.390 e. The van der Waals surface area contributed by atoms with Crippen LogP contribution < -0.4 is 16.4 Å². The van der Waals surface area contributed by atoms with Crippen LogP contribution in [0.3, 0.4) is 0 Å². The van der Waals surface area contributed by atoms with E-state index < -0.39 is 24.3 Å². The Hall–Kier alpha value is -4.15. The molecule has 0 aliphatic carbocycles. The highest BCUT2D eigenvalue weighted by atomic mass is 19.4. The molecule has 176 valence electrons. The molecule has 0 spiro atoms. The van der Waals surface area contributed by atoms with E-state index in [1.54, 1.807) is 31.2 Å². The molecular weight excluding hydrogens is 452 g/mol. The molecule has 0 atom stereocenters. The molecule has 4 aromatic rings. The third-order valence-electron chi connectivity index (χ3n) is 5.12. The zero-order valence-electron chi connectivity index (χ0n) is 17.9. The van der Waals surface area contributed by atoms with Crippen LogP contribution in [-0.4, -0.2) is 33.2 Å². The van der Waals surface area contributed by atoms with Gasteiger partial charge in [0, 0.05) is 23.7 Å². The number of primary amides is 1. The SMILES string of the molecule is Cc1cc(-c2cnc3c(NCCC(F)(F)F)cc(Nc4ccccc4F)nn23)ccc1C(N)=O. The topological polar surface area (TPSA) is 97.3 Å². The van der Waals surface area contributed by atoms with Crippen LogP contribution in [0.2, 0.25) is 0 Å². The van der Waals surface area contributed by atoms with Gasteiger partial charge in [0.2, 0.25) is 5.91 Å². The van der Waals surface area contributed by atoms with Crippen molar-refractivity contribution in [1.29, 1.82) is 0 Å².